The lowest BCUT2D eigenvalue weighted by molar-refractivity contribution is -0.143. The monoisotopic (exact) mass is 598 g/mol. The van der Waals surface area contributed by atoms with Crippen LogP contribution < -0.4 is 15.3 Å². The Labute approximate surface area is 227 Å². The maximum Gasteiger partial charge on any atom is 0.420 e. The lowest BCUT2D eigenvalue weighted by Crippen LogP contribution is -2.34. The van der Waals surface area contributed by atoms with E-state index in [-0.39, 0.29) is 24.8 Å². The molecule has 2 aromatic carbocycles. The Hall–Kier alpha value is -3.56. The van der Waals surface area contributed by atoms with Crippen LogP contribution in [0.15, 0.2) is 47.5 Å². The number of halogens is 8. The number of hydrogen-bond acceptors (Lipinski definition) is 5. The van der Waals surface area contributed by atoms with Crippen LogP contribution in [-0.4, -0.2) is 59.0 Å². The zero-order chi connectivity index (χ0) is 30.2. The fourth-order valence-corrected chi connectivity index (χ4v) is 4.06. The van der Waals surface area contributed by atoms with Crippen LogP contribution in [0.3, 0.4) is 0 Å². The van der Waals surface area contributed by atoms with Gasteiger partial charge in [0.1, 0.15) is 17.1 Å². The quantitative estimate of drug-likeness (QED) is 0.386. The van der Waals surface area contributed by atoms with Gasteiger partial charge in [0.2, 0.25) is 0 Å². The van der Waals surface area contributed by atoms with Crippen LogP contribution in [0, 0.1) is 5.82 Å². The number of benzene rings is 2. The molecule has 0 spiro atoms. The molecule has 1 unspecified atom stereocenters. The van der Waals surface area contributed by atoms with Crippen LogP contribution in [0.4, 0.5) is 41.2 Å². The topological polar surface area (TPSA) is 79.9 Å². The van der Waals surface area contributed by atoms with Crippen molar-refractivity contribution in [2.45, 2.75) is 25.0 Å². The van der Waals surface area contributed by atoms with Gasteiger partial charge in [-0.2, -0.15) is 26.3 Å². The molecule has 3 aromatic rings. The zero-order valence-corrected chi connectivity index (χ0v) is 21.8. The minimum absolute atomic E-state index is 0.0299. The Kier molecular flexibility index (Phi) is 8.91. The van der Waals surface area contributed by atoms with Gasteiger partial charge in [0.25, 0.3) is 0 Å². The Balaban J connectivity index is 2.24. The van der Waals surface area contributed by atoms with Crippen LogP contribution in [0.2, 0.25) is 5.02 Å². The summed E-state index contributed by atoms with van der Waals surface area (Å²) in [4.78, 5) is 28.2. The van der Waals surface area contributed by atoms with E-state index in [9.17, 15) is 45.4 Å². The average molecular weight is 599 g/mol. The summed E-state index contributed by atoms with van der Waals surface area (Å²) >= 11 is 5.95. The molecule has 1 aromatic heterocycles. The first-order chi connectivity index (χ1) is 18.4. The van der Waals surface area contributed by atoms with Crippen molar-refractivity contribution in [3.8, 4) is 11.4 Å². The van der Waals surface area contributed by atoms with Crippen molar-refractivity contribution in [3.05, 3.63) is 75.2 Å². The molecule has 0 fully saturated rings. The second-order valence-corrected chi connectivity index (χ2v) is 9.26. The summed E-state index contributed by atoms with van der Waals surface area (Å²) in [6, 6.07) is 3.79. The third kappa shape index (κ3) is 6.77. The molecular formula is C24H22ClF7N4O4. The second kappa shape index (κ2) is 11.5. The number of carbonyl (C=O) groups is 1. The Morgan fingerprint density at radius 1 is 1.02 bits per heavy atom. The van der Waals surface area contributed by atoms with E-state index in [4.69, 9.17) is 16.3 Å². The SMILES string of the molecule is CN(C)CC(O)Cn1ccn(-c2c(Cl)c(C(F)(F)F)cc(C(F)(F)F)c2OC(=O)N(C)c2ccc(F)cc2)c1=O. The summed E-state index contributed by atoms with van der Waals surface area (Å²) in [5, 5.41) is 8.81. The van der Waals surface area contributed by atoms with Crippen molar-refractivity contribution < 1.29 is 45.4 Å². The molecule has 3 rings (SSSR count). The molecule has 0 aliphatic heterocycles. The number of nitrogens with zero attached hydrogens (tertiary/aromatic N) is 4. The molecule has 0 radical (unpaired) electrons. The minimum atomic E-state index is -5.50. The lowest BCUT2D eigenvalue weighted by atomic mass is 10.1. The minimum Gasteiger partial charge on any atom is -0.407 e. The van der Waals surface area contributed by atoms with Crippen molar-refractivity contribution in [1.29, 1.82) is 0 Å². The first-order valence-corrected chi connectivity index (χ1v) is 11.6. The van der Waals surface area contributed by atoms with Gasteiger partial charge in [-0.25, -0.2) is 14.0 Å². The molecule has 1 amide bonds. The van der Waals surface area contributed by atoms with Crippen molar-refractivity contribution >= 4 is 23.4 Å². The predicted molar refractivity (Wildman–Crippen MR) is 130 cm³/mol. The summed E-state index contributed by atoms with van der Waals surface area (Å²) in [6.45, 7) is -0.284. The number of likely N-dealkylation sites (N-methyl/N-ethyl adjacent to an activating group) is 1. The van der Waals surface area contributed by atoms with E-state index in [2.05, 4.69) is 0 Å². The zero-order valence-electron chi connectivity index (χ0n) is 21.0. The number of rotatable bonds is 7. The molecular weight excluding hydrogens is 577 g/mol. The molecule has 0 saturated heterocycles. The van der Waals surface area contributed by atoms with E-state index in [1.54, 1.807) is 19.0 Å². The molecule has 16 heteroatoms. The molecule has 218 valence electrons. The van der Waals surface area contributed by atoms with Gasteiger partial charge in [-0.1, -0.05) is 11.6 Å². The second-order valence-electron chi connectivity index (χ2n) is 8.88. The fourth-order valence-electron chi connectivity index (χ4n) is 3.72. The molecule has 0 bridgehead atoms. The number of aliphatic hydroxyl groups excluding tert-OH is 1. The van der Waals surface area contributed by atoms with Gasteiger partial charge in [0.15, 0.2) is 5.75 Å². The maximum absolute atomic E-state index is 14.1. The third-order valence-electron chi connectivity index (χ3n) is 5.55. The highest BCUT2D eigenvalue weighted by Gasteiger charge is 2.44. The van der Waals surface area contributed by atoms with E-state index in [0.29, 0.717) is 9.47 Å². The van der Waals surface area contributed by atoms with Crippen LogP contribution in [-0.2, 0) is 18.9 Å². The van der Waals surface area contributed by atoms with Gasteiger partial charge in [0.05, 0.1) is 23.2 Å². The van der Waals surface area contributed by atoms with Gasteiger partial charge in [-0.3, -0.25) is 14.0 Å². The largest absolute Gasteiger partial charge is 0.420 e. The highest BCUT2D eigenvalue weighted by Crippen LogP contribution is 2.48. The number of alkyl halides is 6. The normalized spacial score (nSPS) is 13.0. The number of aromatic nitrogens is 2. The molecule has 1 atom stereocenters. The highest BCUT2D eigenvalue weighted by molar-refractivity contribution is 6.33. The lowest BCUT2D eigenvalue weighted by Gasteiger charge is -2.23. The highest BCUT2D eigenvalue weighted by atomic mass is 35.5. The molecule has 8 nitrogen and oxygen atoms in total. The predicted octanol–water partition coefficient (Wildman–Crippen LogP) is 5.03. The first-order valence-electron chi connectivity index (χ1n) is 11.2. The number of anilines is 1. The number of imidazole rings is 1. The van der Waals surface area contributed by atoms with E-state index >= 15 is 0 Å². The van der Waals surface area contributed by atoms with E-state index in [1.807, 2.05) is 0 Å². The smallest absolute Gasteiger partial charge is 0.407 e. The van der Waals surface area contributed by atoms with Gasteiger partial charge in [-0.05, 0) is 44.4 Å². The molecule has 0 aliphatic carbocycles. The fraction of sp³-hybridized carbons (Fsp3) is 0.333. The van der Waals surface area contributed by atoms with Gasteiger partial charge < -0.3 is 14.7 Å². The third-order valence-corrected chi connectivity index (χ3v) is 5.94. The van der Waals surface area contributed by atoms with Crippen LogP contribution in [0.5, 0.6) is 5.75 Å². The first kappa shape index (κ1) is 31.0. The summed E-state index contributed by atoms with van der Waals surface area (Å²) in [5.41, 5.74) is -6.37. The van der Waals surface area contributed by atoms with Crippen LogP contribution in [0.25, 0.3) is 5.69 Å². The number of hydrogen-bond donors (Lipinski definition) is 1. The molecule has 40 heavy (non-hydrogen) atoms. The molecule has 1 N–H and O–H groups in total. The Morgan fingerprint density at radius 2 is 1.60 bits per heavy atom. The summed E-state index contributed by atoms with van der Waals surface area (Å²) in [7, 11) is 4.31. The number of ether oxygens (including phenoxy) is 1. The summed E-state index contributed by atoms with van der Waals surface area (Å²) in [6.07, 6.45) is -11.7. The molecule has 0 saturated carbocycles. The number of aliphatic hydroxyl groups is 1. The van der Waals surface area contributed by atoms with Crippen LogP contribution in [0.1, 0.15) is 11.1 Å². The van der Waals surface area contributed by atoms with E-state index in [1.165, 1.54) is 0 Å². The van der Waals surface area contributed by atoms with Gasteiger partial charge >= 0.3 is 24.1 Å². The Morgan fingerprint density at radius 3 is 2.12 bits per heavy atom. The standard InChI is InChI=1S/C24H22ClF7N4O4/c1-33(2)11-15(37)12-35-8-9-36(21(35)38)19-18(25)16(23(27,28)29)10-17(24(30,31)32)20(19)40-22(39)34(3)14-6-4-13(26)5-7-14/h4-10,15,37H,11-12H2,1-3H3. The molecule has 1 heterocycles. The van der Waals surface area contributed by atoms with Crippen molar-refractivity contribution in [3.63, 3.8) is 0 Å². The van der Waals surface area contributed by atoms with Gasteiger partial charge in [-0.15, -0.1) is 0 Å². The van der Waals surface area contributed by atoms with Crippen molar-refractivity contribution in [2.75, 3.05) is 32.6 Å². The van der Waals surface area contributed by atoms with Crippen molar-refractivity contribution in [2.24, 2.45) is 0 Å². The van der Waals surface area contributed by atoms with Crippen molar-refractivity contribution in [1.82, 2.24) is 14.0 Å². The number of amides is 1. The molecule has 0 aliphatic rings. The Bertz CT molecular complexity index is 1430. The summed E-state index contributed by atoms with van der Waals surface area (Å²) in [5.74, 6) is -2.15. The van der Waals surface area contributed by atoms with Gasteiger partial charge in [0, 0.05) is 31.7 Å². The summed E-state index contributed by atoms with van der Waals surface area (Å²) < 4.78 is 103. The van der Waals surface area contributed by atoms with E-state index < -0.39 is 63.6 Å². The van der Waals surface area contributed by atoms with E-state index in [0.717, 1.165) is 48.3 Å². The average Bonchev–Trinajstić information content (AvgIpc) is 3.16. The maximum atomic E-state index is 14.1. The number of carbonyl (C=O) groups excluding carboxylic acids is 1. The van der Waals surface area contributed by atoms with Crippen LogP contribution >= 0.6 is 11.6 Å².